The highest BCUT2D eigenvalue weighted by molar-refractivity contribution is 8.00. The largest absolute Gasteiger partial charge is 0.441 e. The van der Waals surface area contributed by atoms with Crippen LogP contribution in [0.5, 0.6) is 0 Å². The van der Waals surface area contributed by atoms with Crippen molar-refractivity contribution in [3.63, 3.8) is 0 Å². The number of H-pyrrole nitrogens is 1. The molecule has 0 aliphatic carbocycles. The quantitative estimate of drug-likeness (QED) is 0.647. The molecule has 2 rings (SSSR count). The molecule has 1 amide bonds. The molecule has 0 spiro atoms. The molecule has 0 radical (unpaired) electrons. The molecular weight excluding hydrogens is 297 g/mol. The Morgan fingerprint density at radius 1 is 1.52 bits per heavy atom. The van der Waals surface area contributed by atoms with Crippen LogP contribution in [0.2, 0.25) is 0 Å². The molecule has 21 heavy (non-hydrogen) atoms. The van der Waals surface area contributed by atoms with Crippen molar-refractivity contribution in [2.24, 2.45) is 7.05 Å². The summed E-state index contributed by atoms with van der Waals surface area (Å²) >= 11 is 1.07. The maximum absolute atomic E-state index is 13.5. The van der Waals surface area contributed by atoms with Crippen LogP contribution in [0.3, 0.4) is 0 Å². The lowest BCUT2D eigenvalue weighted by Crippen LogP contribution is -2.35. The van der Waals surface area contributed by atoms with E-state index in [0.717, 1.165) is 11.8 Å². The van der Waals surface area contributed by atoms with Crippen LogP contribution in [0.1, 0.15) is 13.3 Å². The van der Waals surface area contributed by atoms with Gasteiger partial charge in [-0.3, -0.25) is 9.32 Å². The molecule has 8 heteroatoms. The smallest absolute Gasteiger partial charge is 0.323 e. The number of aryl methyl sites for hydroxylation is 1. The van der Waals surface area contributed by atoms with Gasteiger partial charge in [0.05, 0.1) is 10.9 Å². The Balaban J connectivity index is 2.13. The summed E-state index contributed by atoms with van der Waals surface area (Å²) in [5, 5.41) is 4.66. The molecule has 2 N–H and O–H groups in total. The van der Waals surface area contributed by atoms with Crippen molar-refractivity contribution in [3.05, 3.63) is 40.5 Å². The van der Waals surface area contributed by atoms with Gasteiger partial charge in [0, 0.05) is 0 Å². The molecule has 0 saturated carbocycles. The second-order valence-electron chi connectivity index (χ2n) is 4.33. The number of thioether (sulfide) groups is 1. The zero-order chi connectivity index (χ0) is 15.4. The first-order valence-electron chi connectivity index (χ1n) is 6.32. The van der Waals surface area contributed by atoms with Gasteiger partial charge in [-0.2, -0.15) is 0 Å². The molecule has 1 aromatic carbocycles. The van der Waals surface area contributed by atoms with Gasteiger partial charge in [0.25, 0.3) is 0 Å². The number of amides is 1. The van der Waals surface area contributed by atoms with Crippen molar-refractivity contribution in [1.82, 2.24) is 5.27 Å². The second kappa shape index (κ2) is 6.57. The summed E-state index contributed by atoms with van der Waals surface area (Å²) in [6.45, 7) is 1.81. The third kappa shape index (κ3) is 3.52. The monoisotopic (exact) mass is 312 g/mol. The van der Waals surface area contributed by atoms with Crippen molar-refractivity contribution < 1.29 is 18.4 Å². The number of anilines is 1. The number of aromatic nitrogens is 2. The SMILES string of the molecule is CCC(Sc1c(=O)o[nH][n+]1C)C(=O)Nc1ccccc1F. The first-order chi connectivity index (χ1) is 10.0. The van der Waals surface area contributed by atoms with Crippen LogP contribution in [-0.2, 0) is 11.8 Å². The van der Waals surface area contributed by atoms with E-state index in [-0.39, 0.29) is 16.6 Å². The lowest BCUT2D eigenvalue weighted by molar-refractivity contribution is -0.772. The third-order valence-electron chi connectivity index (χ3n) is 2.80. The minimum Gasteiger partial charge on any atom is -0.323 e. The van der Waals surface area contributed by atoms with Gasteiger partial charge in [-0.1, -0.05) is 23.7 Å². The molecule has 0 aliphatic heterocycles. The number of rotatable bonds is 5. The standard InChI is InChI=1S/C13H14FN3O3S/c1-3-10(21-12-13(19)20-16-17(12)2)11(18)15-9-7-5-4-6-8(9)14/h4-7,10H,3H2,1-2H3,(H-,15,16,18,19)/p+1. The molecule has 0 aliphatic rings. The highest BCUT2D eigenvalue weighted by Gasteiger charge is 2.27. The Bertz CT molecular complexity index is 698. The molecule has 1 unspecified atom stereocenters. The Morgan fingerprint density at radius 3 is 2.81 bits per heavy atom. The van der Waals surface area contributed by atoms with E-state index in [1.807, 2.05) is 6.92 Å². The average molecular weight is 312 g/mol. The van der Waals surface area contributed by atoms with Crippen LogP contribution in [0.25, 0.3) is 0 Å². The van der Waals surface area contributed by atoms with Crippen LogP contribution >= 0.6 is 11.8 Å². The van der Waals surface area contributed by atoms with Gasteiger partial charge in [-0.15, -0.1) is 0 Å². The van der Waals surface area contributed by atoms with Crippen LogP contribution in [0, 0.1) is 5.82 Å². The van der Waals surface area contributed by atoms with Crippen LogP contribution in [-0.4, -0.2) is 16.4 Å². The van der Waals surface area contributed by atoms with Crippen molar-refractivity contribution in [3.8, 4) is 0 Å². The predicted molar refractivity (Wildman–Crippen MR) is 75.5 cm³/mol. The predicted octanol–water partition coefficient (Wildman–Crippen LogP) is 1.44. The topological polar surface area (TPSA) is 79.0 Å². The lowest BCUT2D eigenvalue weighted by atomic mass is 10.2. The number of hydrogen-bond donors (Lipinski definition) is 2. The Hall–Kier alpha value is -2.09. The second-order valence-corrected chi connectivity index (χ2v) is 5.52. The fourth-order valence-corrected chi connectivity index (χ4v) is 2.63. The number of halogens is 1. The summed E-state index contributed by atoms with van der Waals surface area (Å²) in [6.07, 6.45) is 0.482. The van der Waals surface area contributed by atoms with Gasteiger partial charge in [-0.25, -0.2) is 9.18 Å². The number of nitrogens with one attached hydrogen (secondary N) is 2. The highest BCUT2D eigenvalue weighted by atomic mass is 32.2. The number of carbonyl (C=O) groups is 1. The van der Waals surface area contributed by atoms with Crippen LogP contribution in [0.15, 0.2) is 38.6 Å². The fraction of sp³-hybridized carbons (Fsp3) is 0.308. The first kappa shape index (κ1) is 15.3. The van der Waals surface area contributed by atoms with Gasteiger partial charge in [0.2, 0.25) is 5.91 Å². The van der Waals surface area contributed by atoms with E-state index >= 15 is 0 Å². The summed E-state index contributed by atoms with van der Waals surface area (Å²) in [6, 6.07) is 5.93. The lowest BCUT2D eigenvalue weighted by Gasteiger charge is -2.12. The van der Waals surface area contributed by atoms with Gasteiger partial charge < -0.3 is 5.32 Å². The molecule has 112 valence electrons. The number of benzene rings is 1. The van der Waals surface area contributed by atoms with Gasteiger partial charge >= 0.3 is 10.7 Å². The van der Waals surface area contributed by atoms with Crippen LogP contribution < -0.4 is 15.6 Å². The molecule has 1 heterocycles. The van der Waals surface area contributed by atoms with E-state index < -0.39 is 16.7 Å². The van der Waals surface area contributed by atoms with Crippen LogP contribution in [0.4, 0.5) is 10.1 Å². The third-order valence-corrected chi connectivity index (χ3v) is 4.30. The van der Waals surface area contributed by atoms with Crippen molar-refractivity contribution in [2.45, 2.75) is 23.6 Å². The van der Waals surface area contributed by atoms with Crippen molar-refractivity contribution >= 4 is 23.4 Å². The molecule has 0 bridgehead atoms. The van der Waals surface area contributed by atoms with Crippen molar-refractivity contribution in [1.29, 1.82) is 0 Å². The Kier molecular flexibility index (Phi) is 4.79. The summed E-state index contributed by atoms with van der Waals surface area (Å²) < 4.78 is 19.5. The summed E-state index contributed by atoms with van der Waals surface area (Å²) in [7, 11) is 1.61. The van der Waals surface area contributed by atoms with E-state index in [1.165, 1.54) is 16.8 Å². The fourth-order valence-electron chi connectivity index (χ4n) is 1.69. The van der Waals surface area contributed by atoms with Gasteiger partial charge in [-0.05, 0) is 35.6 Å². The first-order valence-corrected chi connectivity index (χ1v) is 7.20. The van der Waals surface area contributed by atoms with E-state index in [0.29, 0.717) is 6.42 Å². The normalized spacial score (nSPS) is 12.1. The van der Waals surface area contributed by atoms with E-state index in [1.54, 1.807) is 19.2 Å². The number of hydrogen-bond acceptors (Lipinski definition) is 4. The minimum atomic E-state index is -0.542. The number of nitrogens with zero attached hydrogens (tertiary/aromatic N) is 1. The number of carbonyl (C=O) groups excluding carboxylic acids is 1. The zero-order valence-corrected chi connectivity index (χ0v) is 12.4. The molecule has 0 fully saturated rings. The van der Waals surface area contributed by atoms with E-state index in [9.17, 15) is 14.0 Å². The Labute approximate surface area is 124 Å². The van der Waals surface area contributed by atoms with E-state index in [2.05, 4.69) is 15.1 Å². The molecule has 1 aromatic heterocycles. The number of para-hydroxylation sites is 1. The maximum atomic E-state index is 13.5. The molecular formula is C13H15FN3O3S+. The summed E-state index contributed by atoms with van der Waals surface area (Å²) in [5.74, 6) is -0.870. The highest BCUT2D eigenvalue weighted by Crippen LogP contribution is 2.22. The summed E-state index contributed by atoms with van der Waals surface area (Å²) in [4.78, 5) is 23.7. The maximum Gasteiger partial charge on any atom is 0.441 e. The van der Waals surface area contributed by atoms with Gasteiger partial charge in [0.1, 0.15) is 5.82 Å². The molecule has 6 nitrogen and oxygen atoms in total. The molecule has 1 atom stereocenters. The minimum absolute atomic E-state index is 0.118. The van der Waals surface area contributed by atoms with Crippen molar-refractivity contribution in [2.75, 3.05) is 5.32 Å². The number of aromatic amines is 1. The van der Waals surface area contributed by atoms with Gasteiger partial charge in [0.15, 0.2) is 7.05 Å². The average Bonchev–Trinajstić information content (AvgIpc) is 2.78. The van der Waals surface area contributed by atoms with E-state index in [4.69, 9.17) is 0 Å². The molecule has 0 saturated heterocycles. The summed E-state index contributed by atoms with van der Waals surface area (Å²) in [5.41, 5.74) is -0.424. The Morgan fingerprint density at radius 2 is 2.24 bits per heavy atom. The molecule has 2 aromatic rings. The zero-order valence-electron chi connectivity index (χ0n) is 11.6.